The monoisotopic (exact) mass is 202 g/mol. The number of rotatable bonds is 4. The molecule has 0 radical (unpaired) electrons. The van der Waals surface area contributed by atoms with Gasteiger partial charge in [-0.2, -0.15) is 0 Å². The van der Waals surface area contributed by atoms with E-state index in [-0.39, 0.29) is 5.78 Å². The molecule has 0 aliphatic carbocycles. The van der Waals surface area contributed by atoms with Gasteiger partial charge in [0.05, 0.1) is 6.54 Å². The molecule has 0 aromatic carbocycles. The fourth-order valence-electron chi connectivity index (χ4n) is 0.416. The number of hydrogen-bond donors (Lipinski definition) is 1. The maximum Gasteiger partial charge on any atom is 0.148 e. The number of carbonyl (C=O) groups excluding carboxylic acids is 1. The number of hydrogen-bond acceptors (Lipinski definition) is 3. The lowest BCUT2D eigenvalue weighted by atomic mass is 10.4. The van der Waals surface area contributed by atoms with Crippen molar-refractivity contribution in [3.63, 3.8) is 0 Å². The smallest absolute Gasteiger partial charge is 0.148 e. The minimum atomic E-state index is 0.160. The molecule has 0 saturated heterocycles. The Hall–Kier alpha value is -0.830. The molecule has 1 N–H and O–H groups in total. The molecule has 0 amide bonds. The topological polar surface area (TPSA) is 32.3 Å². The van der Waals surface area contributed by atoms with Gasteiger partial charge in [0.2, 0.25) is 0 Å². The molecule has 86 valence electrons. The van der Waals surface area contributed by atoms with Crippen LogP contribution < -0.4 is 5.32 Å². The first-order valence-electron chi connectivity index (χ1n) is 5.05. The van der Waals surface area contributed by atoms with Crippen LogP contribution in [0.2, 0.25) is 0 Å². The molecular weight excluding hydrogens is 176 g/mol. The summed E-state index contributed by atoms with van der Waals surface area (Å²) in [5, 5.41) is 2.93. The van der Waals surface area contributed by atoms with Crippen LogP contribution in [0.1, 0.15) is 27.7 Å². The van der Waals surface area contributed by atoms with Gasteiger partial charge in [-0.05, 0) is 26.7 Å². The summed E-state index contributed by atoms with van der Waals surface area (Å²) >= 11 is 0. The van der Waals surface area contributed by atoms with Crippen molar-refractivity contribution in [3.8, 4) is 0 Å². The second kappa shape index (κ2) is 18.1. The van der Waals surface area contributed by atoms with Gasteiger partial charge >= 0.3 is 0 Å². The number of Topliss-reactive ketones (excluding diaryl/α,β-unsaturated/α-hetero) is 1. The number of nitrogens with zero attached hydrogens (tertiary/aromatic N) is 1. The van der Waals surface area contributed by atoms with Crippen LogP contribution in [0.4, 0.5) is 0 Å². The van der Waals surface area contributed by atoms with Crippen LogP contribution in [0.5, 0.6) is 0 Å². The lowest BCUT2D eigenvalue weighted by Gasteiger charge is -2.08. The first-order valence-corrected chi connectivity index (χ1v) is 5.05. The highest BCUT2D eigenvalue weighted by molar-refractivity contribution is 5.77. The SMILES string of the molecule is C=CN(C)CC(C)=O.CC.CCNC. The third-order valence-electron chi connectivity index (χ3n) is 1.14. The summed E-state index contributed by atoms with van der Waals surface area (Å²) in [6.07, 6.45) is 1.63. The molecule has 14 heavy (non-hydrogen) atoms. The molecule has 0 aromatic rings. The Morgan fingerprint density at radius 1 is 1.50 bits per heavy atom. The average molecular weight is 202 g/mol. The minimum Gasteiger partial charge on any atom is -0.374 e. The molecule has 0 aromatic heterocycles. The van der Waals surface area contributed by atoms with Gasteiger partial charge in [-0.15, -0.1) is 0 Å². The standard InChI is InChI=1S/C6H11NO.C3H9N.C2H6/c1-4-7(3)5-6(2)8;1-3-4-2;1-2/h4H,1,5H2,2-3H3;4H,3H2,1-2H3;1-2H3. The normalized spacial score (nSPS) is 7.29. The van der Waals surface area contributed by atoms with Crippen LogP contribution in [0, 0.1) is 0 Å². The second-order valence-corrected chi connectivity index (χ2v) is 2.51. The van der Waals surface area contributed by atoms with Crippen molar-refractivity contribution in [1.82, 2.24) is 10.2 Å². The zero-order valence-electron chi connectivity index (χ0n) is 10.6. The van der Waals surface area contributed by atoms with E-state index in [9.17, 15) is 4.79 Å². The van der Waals surface area contributed by atoms with Crippen LogP contribution in [-0.4, -0.2) is 37.9 Å². The van der Waals surface area contributed by atoms with Gasteiger partial charge in [-0.3, -0.25) is 4.79 Å². The molecule has 0 aliphatic rings. The molecule has 0 unspecified atom stereocenters. The summed E-state index contributed by atoms with van der Waals surface area (Å²) in [4.78, 5) is 12.1. The van der Waals surface area contributed by atoms with Crippen LogP contribution >= 0.6 is 0 Å². The maximum absolute atomic E-state index is 10.3. The third-order valence-corrected chi connectivity index (χ3v) is 1.14. The van der Waals surface area contributed by atoms with E-state index in [2.05, 4.69) is 18.8 Å². The molecule has 3 heteroatoms. The molecule has 0 heterocycles. The van der Waals surface area contributed by atoms with Crippen molar-refractivity contribution in [2.24, 2.45) is 0 Å². The molecule has 0 fully saturated rings. The Morgan fingerprint density at radius 3 is 1.93 bits per heavy atom. The number of likely N-dealkylation sites (N-methyl/N-ethyl adjacent to an activating group) is 1. The fraction of sp³-hybridized carbons (Fsp3) is 0.727. The predicted octanol–water partition coefficient (Wildman–Crippen LogP) is 1.90. The van der Waals surface area contributed by atoms with Crippen LogP contribution in [0.3, 0.4) is 0 Å². The maximum atomic E-state index is 10.3. The molecule has 0 atom stereocenters. The Kier molecular flexibility index (Phi) is 24.3. The summed E-state index contributed by atoms with van der Waals surface area (Å²) in [5.74, 6) is 0.160. The molecular formula is C11H26N2O. The summed E-state index contributed by atoms with van der Waals surface area (Å²) in [6, 6.07) is 0. The minimum absolute atomic E-state index is 0.160. The quantitative estimate of drug-likeness (QED) is 0.755. The summed E-state index contributed by atoms with van der Waals surface area (Å²) in [6.45, 7) is 12.6. The van der Waals surface area contributed by atoms with Crippen LogP contribution in [0.25, 0.3) is 0 Å². The van der Waals surface area contributed by atoms with Crippen molar-refractivity contribution >= 4 is 5.78 Å². The zero-order valence-corrected chi connectivity index (χ0v) is 10.6. The molecule has 0 aliphatic heterocycles. The van der Waals surface area contributed by atoms with E-state index in [0.717, 1.165) is 6.54 Å². The van der Waals surface area contributed by atoms with Gasteiger partial charge in [0.1, 0.15) is 5.78 Å². The van der Waals surface area contributed by atoms with E-state index in [1.807, 2.05) is 27.9 Å². The Bertz CT molecular complexity index is 122. The highest BCUT2D eigenvalue weighted by Crippen LogP contribution is 1.80. The number of carbonyl (C=O) groups is 1. The van der Waals surface area contributed by atoms with E-state index in [4.69, 9.17) is 0 Å². The average Bonchev–Trinajstić information content (AvgIpc) is 2.20. The summed E-state index contributed by atoms with van der Waals surface area (Å²) < 4.78 is 0. The Labute approximate surface area is 89.2 Å². The third kappa shape index (κ3) is 30.3. The van der Waals surface area contributed by atoms with Crippen LogP contribution in [-0.2, 0) is 4.79 Å². The van der Waals surface area contributed by atoms with E-state index in [1.165, 1.54) is 0 Å². The largest absolute Gasteiger partial charge is 0.374 e. The summed E-state index contributed by atoms with van der Waals surface area (Å²) in [5.41, 5.74) is 0. The van der Waals surface area contributed by atoms with E-state index in [1.54, 1.807) is 18.0 Å². The van der Waals surface area contributed by atoms with Crippen molar-refractivity contribution in [2.75, 3.05) is 27.2 Å². The molecule has 0 spiro atoms. The van der Waals surface area contributed by atoms with Crippen molar-refractivity contribution < 1.29 is 4.79 Å². The van der Waals surface area contributed by atoms with Crippen molar-refractivity contribution in [1.29, 1.82) is 0 Å². The number of nitrogens with one attached hydrogen (secondary N) is 1. The predicted molar refractivity (Wildman–Crippen MR) is 64.5 cm³/mol. The lowest BCUT2D eigenvalue weighted by Crippen LogP contribution is -2.17. The number of ketones is 1. The second-order valence-electron chi connectivity index (χ2n) is 2.51. The Balaban J connectivity index is -0.000000170. The highest BCUT2D eigenvalue weighted by Gasteiger charge is 1.92. The van der Waals surface area contributed by atoms with Crippen molar-refractivity contribution in [3.05, 3.63) is 12.8 Å². The summed E-state index contributed by atoms with van der Waals surface area (Å²) in [7, 11) is 3.74. The van der Waals surface area contributed by atoms with Gasteiger partial charge in [0.15, 0.2) is 0 Å². The fourth-order valence-corrected chi connectivity index (χ4v) is 0.416. The first-order chi connectivity index (χ1) is 6.58. The molecule has 3 nitrogen and oxygen atoms in total. The van der Waals surface area contributed by atoms with Gasteiger partial charge in [0, 0.05) is 7.05 Å². The van der Waals surface area contributed by atoms with Gasteiger partial charge in [0.25, 0.3) is 0 Å². The molecule has 0 rings (SSSR count). The van der Waals surface area contributed by atoms with E-state index in [0.29, 0.717) is 6.54 Å². The van der Waals surface area contributed by atoms with Crippen LogP contribution in [0.15, 0.2) is 12.8 Å². The van der Waals surface area contributed by atoms with E-state index >= 15 is 0 Å². The lowest BCUT2D eigenvalue weighted by molar-refractivity contribution is -0.117. The molecule has 0 saturated carbocycles. The first kappa shape index (κ1) is 18.9. The molecule has 0 bridgehead atoms. The zero-order chi connectivity index (χ0) is 12.0. The van der Waals surface area contributed by atoms with E-state index < -0.39 is 0 Å². The Morgan fingerprint density at radius 2 is 1.86 bits per heavy atom. The van der Waals surface area contributed by atoms with Gasteiger partial charge in [-0.25, -0.2) is 0 Å². The van der Waals surface area contributed by atoms with Crippen molar-refractivity contribution in [2.45, 2.75) is 27.7 Å². The van der Waals surface area contributed by atoms with Gasteiger partial charge in [-0.1, -0.05) is 27.4 Å². The highest BCUT2D eigenvalue weighted by atomic mass is 16.1. The van der Waals surface area contributed by atoms with Gasteiger partial charge < -0.3 is 10.2 Å².